The number of hydrogen-bond donors (Lipinski definition) is 0. The zero-order chi connectivity index (χ0) is 17.2. The molecule has 0 spiro atoms. The quantitative estimate of drug-likeness (QED) is 0.702. The van der Waals surface area contributed by atoms with E-state index in [1.807, 2.05) is 0 Å². The van der Waals surface area contributed by atoms with E-state index < -0.39 is 15.7 Å². The van der Waals surface area contributed by atoms with Crippen LogP contribution in [0.15, 0.2) is 56.7 Å². The lowest BCUT2D eigenvalue weighted by atomic mass is 9.90. The molecule has 0 radical (unpaired) electrons. The molecule has 128 valence electrons. The molecule has 6 heteroatoms. The Morgan fingerprint density at radius 2 is 1.92 bits per heavy atom. The van der Waals surface area contributed by atoms with Crippen LogP contribution in [-0.2, 0) is 16.3 Å². The number of fused-ring (bicyclic) bond motifs is 5. The maximum atomic E-state index is 13.4. The second-order valence-corrected chi connectivity index (χ2v) is 8.60. The molecule has 2 aliphatic rings. The minimum atomic E-state index is -3.76. The smallest absolute Gasteiger partial charge is 0.206 e. The Balaban J connectivity index is 1.66. The molecular formula is C19H16FNO3S. The molecule has 1 saturated heterocycles. The Hall–Kier alpha value is -2.18. The maximum Gasteiger partial charge on any atom is 0.206 e. The highest BCUT2D eigenvalue weighted by atomic mass is 32.2. The summed E-state index contributed by atoms with van der Waals surface area (Å²) in [5.41, 5.74) is 1.84. The number of halogens is 1. The second kappa shape index (κ2) is 5.16. The van der Waals surface area contributed by atoms with Crippen LogP contribution in [0.4, 0.5) is 4.39 Å². The highest BCUT2D eigenvalue weighted by Crippen LogP contribution is 2.43. The van der Waals surface area contributed by atoms with Gasteiger partial charge in [-0.1, -0.05) is 6.07 Å². The van der Waals surface area contributed by atoms with Gasteiger partial charge >= 0.3 is 0 Å². The highest BCUT2D eigenvalue weighted by molar-refractivity contribution is 7.91. The predicted octanol–water partition coefficient (Wildman–Crippen LogP) is 3.71. The van der Waals surface area contributed by atoms with Gasteiger partial charge in [0.05, 0.1) is 15.8 Å². The fraction of sp³-hybridized carbons (Fsp3) is 0.263. The van der Waals surface area contributed by atoms with Gasteiger partial charge in [0.2, 0.25) is 9.84 Å². The van der Waals surface area contributed by atoms with E-state index in [0.29, 0.717) is 6.04 Å². The summed E-state index contributed by atoms with van der Waals surface area (Å²) >= 11 is 0. The van der Waals surface area contributed by atoms with Crippen molar-refractivity contribution in [3.63, 3.8) is 0 Å². The molecule has 1 unspecified atom stereocenters. The monoisotopic (exact) mass is 357 g/mol. The molecule has 1 atom stereocenters. The van der Waals surface area contributed by atoms with E-state index in [0.717, 1.165) is 54.3 Å². The van der Waals surface area contributed by atoms with Gasteiger partial charge in [-0.3, -0.25) is 4.90 Å². The van der Waals surface area contributed by atoms with Crippen molar-refractivity contribution in [2.75, 3.05) is 13.1 Å². The molecule has 0 aliphatic carbocycles. The lowest BCUT2D eigenvalue weighted by Gasteiger charge is -2.43. The topological polar surface area (TPSA) is 50.5 Å². The molecular weight excluding hydrogens is 341 g/mol. The van der Waals surface area contributed by atoms with Crippen LogP contribution in [0.3, 0.4) is 0 Å². The summed E-state index contributed by atoms with van der Waals surface area (Å²) in [6.07, 6.45) is 1.95. The third-order valence-electron chi connectivity index (χ3n) is 5.29. The standard InChI is InChI=1S/C19H16FNO3S/c20-12-2-1-3-13(10-12)25(22,23)14-4-5-18-16(11-14)15-6-8-21-9-7-17(21)19(15)24-18/h1-5,10-11,17H,6-9H2. The first-order valence-corrected chi connectivity index (χ1v) is 9.82. The van der Waals surface area contributed by atoms with Crippen LogP contribution >= 0.6 is 0 Å². The van der Waals surface area contributed by atoms with Crippen LogP contribution in [0.2, 0.25) is 0 Å². The van der Waals surface area contributed by atoms with Crippen molar-refractivity contribution in [1.82, 2.24) is 4.90 Å². The number of hydrogen-bond acceptors (Lipinski definition) is 4. The zero-order valence-electron chi connectivity index (χ0n) is 13.4. The van der Waals surface area contributed by atoms with Crippen LogP contribution in [-0.4, -0.2) is 26.4 Å². The summed E-state index contributed by atoms with van der Waals surface area (Å²) in [5.74, 6) is 0.417. The van der Waals surface area contributed by atoms with Crippen molar-refractivity contribution >= 4 is 20.8 Å². The third kappa shape index (κ3) is 2.17. The molecule has 5 rings (SSSR count). The number of furan rings is 1. The zero-order valence-corrected chi connectivity index (χ0v) is 14.2. The fourth-order valence-electron chi connectivity index (χ4n) is 3.87. The first-order valence-electron chi connectivity index (χ1n) is 8.34. The van der Waals surface area contributed by atoms with Crippen LogP contribution in [0, 0.1) is 5.82 Å². The number of benzene rings is 2. The fourth-order valence-corrected chi connectivity index (χ4v) is 5.19. The van der Waals surface area contributed by atoms with Crippen molar-refractivity contribution in [1.29, 1.82) is 0 Å². The van der Waals surface area contributed by atoms with Crippen LogP contribution in [0.25, 0.3) is 11.0 Å². The minimum absolute atomic E-state index is 0.0330. The Labute approximate surface area is 144 Å². The summed E-state index contributed by atoms with van der Waals surface area (Å²) in [5, 5.41) is 0.860. The van der Waals surface area contributed by atoms with Gasteiger partial charge in [-0.2, -0.15) is 0 Å². The molecule has 1 aromatic heterocycles. The average molecular weight is 357 g/mol. The highest BCUT2D eigenvalue weighted by Gasteiger charge is 2.38. The predicted molar refractivity (Wildman–Crippen MR) is 90.7 cm³/mol. The molecule has 4 nitrogen and oxygen atoms in total. The Morgan fingerprint density at radius 3 is 2.68 bits per heavy atom. The van der Waals surface area contributed by atoms with Crippen molar-refractivity contribution < 1.29 is 17.2 Å². The Morgan fingerprint density at radius 1 is 1.08 bits per heavy atom. The van der Waals surface area contributed by atoms with Gasteiger partial charge in [0.1, 0.15) is 17.2 Å². The van der Waals surface area contributed by atoms with Gasteiger partial charge in [-0.05, 0) is 49.2 Å². The second-order valence-electron chi connectivity index (χ2n) is 6.65. The first-order chi connectivity index (χ1) is 12.0. The van der Waals surface area contributed by atoms with Crippen LogP contribution in [0.5, 0.6) is 0 Å². The number of nitrogens with zero attached hydrogens (tertiary/aromatic N) is 1. The molecule has 0 amide bonds. The lowest BCUT2D eigenvalue weighted by molar-refractivity contribution is 0.0638. The minimum Gasteiger partial charge on any atom is -0.459 e. The Bertz CT molecular complexity index is 1100. The van der Waals surface area contributed by atoms with E-state index in [-0.39, 0.29) is 9.79 Å². The van der Waals surface area contributed by atoms with Gasteiger partial charge in [-0.25, -0.2) is 12.8 Å². The molecule has 2 aliphatic heterocycles. The van der Waals surface area contributed by atoms with Crippen molar-refractivity contribution in [2.45, 2.75) is 28.7 Å². The summed E-state index contributed by atoms with van der Waals surface area (Å²) in [6, 6.07) is 10.4. The molecule has 2 aromatic carbocycles. The largest absolute Gasteiger partial charge is 0.459 e. The summed E-state index contributed by atoms with van der Waals surface area (Å²) in [6.45, 7) is 2.08. The van der Waals surface area contributed by atoms with Gasteiger partial charge in [0.25, 0.3) is 0 Å². The SMILES string of the molecule is O=S(=O)(c1cccc(F)c1)c1ccc2oc3c(c2c1)CCN1CCC31. The van der Waals surface area contributed by atoms with E-state index in [4.69, 9.17) is 4.42 Å². The van der Waals surface area contributed by atoms with E-state index in [1.165, 1.54) is 24.3 Å². The lowest BCUT2D eigenvalue weighted by Crippen LogP contribution is -2.44. The molecule has 25 heavy (non-hydrogen) atoms. The van der Waals surface area contributed by atoms with Crippen LogP contribution < -0.4 is 0 Å². The van der Waals surface area contributed by atoms with E-state index in [1.54, 1.807) is 12.1 Å². The normalized spacial score (nSPS) is 20.1. The average Bonchev–Trinajstić information content (AvgIpc) is 2.91. The van der Waals surface area contributed by atoms with Gasteiger partial charge in [0, 0.05) is 24.0 Å². The van der Waals surface area contributed by atoms with Gasteiger partial charge in [-0.15, -0.1) is 0 Å². The number of sulfone groups is 1. The molecule has 3 aromatic rings. The van der Waals surface area contributed by atoms with Crippen molar-refractivity contribution in [3.8, 4) is 0 Å². The molecule has 3 heterocycles. The maximum absolute atomic E-state index is 13.4. The van der Waals surface area contributed by atoms with E-state index in [2.05, 4.69) is 4.90 Å². The van der Waals surface area contributed by atoms with Crippen molar-refractivity contribution in [3.05, 3.63) is 59.6 Å². The summed E-state index contributed by atoms with van der Waals surface area (Å²) in [7, 11) is -3.76. The molecule has 0 saturated carbocycles. The number of rotatable bonds is 2. The molecule has 0 bridgehead atoms. The molecule has 0 N–H and O–H groups in total. The van der Waals surface area contributed by atoms with Crippen LogP contribution in [0.1, 0.15) is 23.8 Å². The van der Waals surface area contributed by atoms with Crippen molar-refractivity contribution in [2.24, 2.45) is 0 Å². The van der Waals surface area contributed by atoms with Gasteiger partial charge in [0.15, 0.2) is 0 Å². The molecule has 1 fully saturated rings. The van der Waals surface area contributed by atoms with Gasteiger partial charge < -0.3 is 4.42 Å². The summed E-state index contributed by atoms with van der Waals surface area (Å²) < 4.78 is 45.1. The third-order valence-corrected chi connectivity index (χ3v) is 7.04. The Kier molecular flexibility index (Phi) is 3.12. The first kappa shape index (κ1) is 15.1. The van der Waals surface area contributed by atoms with E-state index >= 15 is 0 Å². The summed E-state index contributed by atoms with van der Waals surface area (Å²) in [4.78, 5) is 2.52. The van der Waals surface area contributed by atoms with E-state index in [9.17, 15) is 12.8 Å².